The van der Waals surface area contributed by atoms with E-state index in [0.717, 1.165) is 30.0 Å². The Bertz CT molecular complexity index is 333. The summed E-state index contributed by atoms with van der Waals surface area (Å²) < 4.78 is 0. The summed E-state index contributed by atoms with van der Waals surface area (Å²) in [5, 5.41) is 1.12. The second kappa shape index (κ2) is 3.81. The number of nitrogens with zero attached hydrogens (tertiary/aromatic N) is 1. The van der Waals surface area contributed by atoms with E-state index in [-0.39, 0.29) is 0 Å². The van der Waals surface area contributed by atoms with E-state index in [2.05, 4.69) is 11.9 Å². The van der Waals surface area contributed by atoms with Crippen molar-refractivity contribution < 1.29 is 4.79 Å². The molecule has 2 nitrogen and oxygen atoms in total. The van der Waals surface area contributed by atoms with E-state index < -0.39 is 0 Å². The van der Waals surface area contributed by atoms with Crippen LogP contribution in [-0.4, -0.2) is 10.8 Å². The molecular formula is C11H15NOS. The van der Waals surface area contributed by atoms with Crippen molar-refractivity contribution in [1.82, 2.24) is 4.98 Å². The normalized spacial score (nSPS) is 15.9. The summed E-state index contributed by atoms with van der Waals surface area (Å²) in [5.41, 5.74) is 1.11. The minimum Gasteiger partial charge on any atom is -0.299 e. The molecule has 0 atom stereocenters. The molecule has 14 heavy (non-hydrogen) atoms. The number of aryl methyl sites for hydroxylation is 3. The number of hydrogen-bond acceptors (Lipinski definition) is 3. The number of thiazole rings is 1. The van der Waals surface area contributed by atoms with Crippen LogP contribution in [-0.2, 0) is 11.2 Å². The first-order valence-electron chi connectivity index (χ1n) is 5.12. The number of carbonyl (C=O) groups is 1. The zero-order valence-electron chi connectivity index (χ0n) is 8.67. The summed E-state index contributed by atoms with van der Waals surface area (Å²) in [6, 6.07) is 0. The highest BCUT2D eigenvalue weighted by molar-refractivity contribution is 7.11. The van der Waals surface area contributed by atoms with E-state index in [1.165, 1.54) is 4.88 Å². The zero-order chi connectivity index (χ0) is 10.1. The summed E-state index contributed by atoms with van der Waals surface area (Å²) in [5.74, 6) is 0.840. The fourth-order valence-electron chi connectivity index (χ4n) is 1.49. The molecule has 1 aliphatic carbocycles. The lowest BCUT2D eigenvalue weighted by atomic mass is 10.1. The molecule has 1 fully saturated rings. The summed E-state index contributed by atoms with van der Waals surface area (Å²) >= 11 is 1.73. The summed E-state index contributed by atoms with van der Waals surface area (Å²) in [4.78, 5) is 17.2. The fourth-order valence-corrected chi connectivity index (χ4v) is 2.42. The molecule has 0 bridgehead atoms. The number of hydrogen-bond donors (Lipinski definition) is 0. The first-order valence-corrected chi connectivity index (χ1v) is 5.94. The molecule has 0 unspecified atom stereocenters. The number of rotatable bonds is 4. The molecule has 1 aliphatic rings. The van der Waals surface area contributed by atoms with Gasteiger partial charge in [-0.2, -0.15) is 0 Å². The van der Waals surface area contributed by atoms with Gasteiger partial charge in [-0.3, -0.25) is 4.79 Å². The second-order valence-electron chi connectivity index (χ2n) is 3.99. The Balaban J connectivity index is 1.87. The van der Waals surface area contributed by atoms with Gasteiger partial charge < -0.3 is 0 Å². The molecule has 1 heterocycles. The highest BCUT2D eigenvalue weighted by atomic mass is 32.1. The molecule has 0 radical (unpaired) electrons. The van der Waals surface area contributed by atoms with E-state index >= 15 is 0 Å². The zero-order valence-corrected chi connectivity index (χ0v) is 9.49. The van der Waals surface area contributed by atoms with Crippen molar-refractivity contribution in [1.29, 1.82) is 0 Å². The maximum atomic E-state index is 11.4. The average Bonchev–Trinajstić information content (AvgIpc) is 2.92. The van der Waals surface area contributed by atoms with Crippen molar-refractivity contribution in [2.45, 2.75) is 39.5 Å². The van der Waals surface area contributed by atoms with Gasteiger partial charge >= 0.3 is 0 Å². The Hall–Kier alpha value is -0.700. The van der Waals surface area contributed by atoms with Crippen LogP contribution in [0.3, 0.4) is 0 Å². The molecule has 0 N–H and O–H groups in total. The van der Waals surface area contributed by atoms with E-state index in [0.29, 0.717) is 18.1 Å². The molecule has 0 aliphatic heterocycles. The monoisotopic (exact) mass is 209 g/mol. The average molecular weight is 209 g/mol. The number of Topliss-reactive ketones (excluding diaryl/α,β-unsaturated/α-hetero) is 1. The Morgan fingerprint density at radius 3 is 2.71 bits per heavy atom. The van der Waals surface area contributed by atoms with Crippen LogP contribution in [0.15, 0.2) is 0 Å². The molecule has 0 spiro atoms. The molecule has 0 saturated heterocycles. The van der Waals surface area contributed by atoms with Gasteiger partial charge in [-0.15, -0.1) is 11.3 Å². The summed E-state index contributed by atoms with van der Waals surface area (Å²) in [6.07, 6.45) is 3.77. The lowest BCUT2D eigenvalue weighted by Gasteiger charge is -1.94. The third-order valence-corrected chi connectivity index (χ3v) is 3.82. The van der Waals surface area contributed by atoms with Crippen LogP contribution >= 0.6 is 11.3 Å². The van der Waals surface area contributed by atoms with Gasteiger partial charge in [0.2, 0.25) is 0 Å². The summed E-state index contributed by atoms with van der Waals surface area (Å²) in [7, 11) is 0. The second-order valence-corrected chi connectivity index (χ2v) is 5.28. The number of aromatic nitrogens is 1. The Labute approximate surface area is 88.4 Å². The van der Waals surface area contributed by atoms with Gasteiger partial charge in [-0.25, -0.2) is 4.98 Å². The topological polar surface area (TPSA) is 30.0 Å². The van der Waals surface area contributed by atoms with Gasteiger partial charge in [0.05, 0.1) is 10.7 Å². The predicted molar refractivity (Wildman–Crippen MR) is 57.6 cm³/mol. The van der Waals surface area contributed by atoms with Gasteiger partial charge in [-0.05, 0) is 26.7 Å². The molecule has 1 aromatic heterocycles. The van der Waals surface area contributed by atoms with Crippen molar-refractivity contribution in [3.8, 4) is 0 Å². The largest absolute Gasteiger partial charge is 0.299 e. The van der Waals surface area contributed by atoms with Crippen LogP contribution in [0.5, 0.6) is 0 Å². The Morgan fingerprint density at radius 2 is 2.21 bits per heavy atom. The molecule has 0 amide bonds. The highest BCUT2D eigenvalue weighted by Gasteiger charge is 2.28. The minimum absolute atomic E-state index is 0.400. The van der Waals surface area contributed by atoms with Crippen molar-refractivity contribution in [2.24, 2.45) is 5.92 Å². The Morgan fingerprint density at radius 1 is 1.50 bits per heavy atom. The Kier molecular flexibility index (Phi) is 2.68. The van der Waals surface area contributed by atoms with Gasteiger partial charge in [0.1, 0.15) is 5.78 Å². The van der Waals surface area contributed by atoms with E-state index in [4.69, 9.17) is 0 Å². The van der Waals surface area contributed by atoms with Gasteiger partial charge in [-0.1, -0.05) is 0 Å². The van der Waals surface area contributed by atoms with Crippen LogP contribution in [0.25, 0.3) is 0 Å². The van der Waals surface area contributed by atoms with Crippen LogP contribution < -0.4 is 0 Å². The first kappa shape index (κ1) is 9.84. The maximum absolute atomic E-state index is 11.4. The number of carbonyl (C=O) groups excluding carboxylic acids is 1. The molecule has 3 heteroatoms. The standard InChI is InChI=1S/C11H15NOS/c1-7-8(2)14-11(12-7)6-5-10(13)9-3-4-9/h9H,3-6H2,1-2H3. The quantitative estimate of drug-likeness (QED) is 0.763. The van der Waals surface area contributed by atoms with Crippen LogP contribution in [0.2, 0.25) is 0 Å². The smallest absolute Gasteiger partial charge is 0.136 e. The molecule has 76 valence electrons. The fraction of sp³-hybridized carbons (Fsp3) is 0.636. The van der Waals surface area contributed by atoms with Crippen molar-refractivity contribution in [3.05, 3.63) is 15.6 Å². The van der Waals surface area contributed by atoms with Gasteiger partial charge in [0.15, 0.2) is 0 Å². The third kappa shape index (κ3) is 2.21. The predicted octanol–water partition coefficient (Wildman–Crippen LogP) is 2.67. The first-order chi connectivity index (χ1) is 6.66. The maximum Gasteiger partial charge on any atom is 0.136 e. The molecular weight excluding hydrogens is 194 g/mol. The SMILES string of the molecule is Cc1nc(CCC(=O)C2CC2)sc1C. The van der Waals surface area contributed by atoms with Crippen LogP contribution in [0.4, 0.5) is 0 Å². The van der Waals surface area contributed by atoms with Gasteiger partial charge in [0, 0.05) is 23.6 Å². The highest BCUT2D eigenvalue weighted by Crippen LogP contribution is 2.31. The van der Waals surface area contributed by atoms with E-state index in [9.17, 15) is 4.79 Å². The van der Waals surface area contributed by atoms with Crippen molar-refractivity contribution >= 4 is 17.1 Å². The summed E-state index contributed by atoms with van der Waals surface area (Å²) in [6.45, 7) is 4.11. The molecule has 0 aromatic carbocycles. The van der Waals surface area contributed by atoms with Crippen molar-refractivity contribution in [2.75, 3.05) is 0 Å². The lowest BCUT2D eigenvalue weighted by molar-refractivity contribution is -0.120. The third-order valence-electron chi connectivity index (χ3n) is 2.69. The van der Waals surface area contributed by atoms with Gasteiger partial charge in [0.25, 0.3) is 0 Å². The molecule has 2 rings (SSSR count). The van der Waals surface area contributed by atoms with E-state index in [1.54, 1.807) is 11.3 Å². The lowest BCUT2D eigenvalue weighted by Crippen LogP contribution is -2.01. The molecule has 1 saturated carbocycles. The van der Waals surface area contributed by atoms with Crippen molar-refractivity contribution in [3.63, 3.8) is 0 Å². The van der Waals surface area contributed by atoms with Crippen LogP contribution in [0.1, 0.15) is 34.8 Å². The molecule has 1 aromatic rings. The minimum atomic E-state index is 0.400. The van der Waals surface area contributed by atoms with E-state index in [1.807, 2.05) is 6.92 Å². The van der Waals surface area contributed by atoms with Crippen LogP contribution in [0, 0.1) is 19.8 Å². The number of ketones is 1.